The highest BCUT2D eigenvalue weighted by Crippen LogP contribution is 2.30. The summed E-state index contributed by atoms with van der Waals surface area (Å²) < 4.78 is 2.19. The molecule has 0 aliphatic heterocycles. The molecule has 1 aromatic rings. The highest BCUT2D eigenvalue weighted by Gasteiger charge is 2.20. The summed E-state index contributed by atoms with van der Waals surface area (Å²) in [5.41, 5.74) is 4.05. The first-order valence-electron chi connectivity index (χ1n) is 5.95. The third-order valence-corrected chi connectivity index (χ3v) is 2.78. The SMILES string of the molecule is Cc1nn(C(C)C)c(C(C)C)c1C(C)C. The average molecular weight is 208 g/mol. The minimum Gasteiger partial charge on any atom is -0.266 e. The van der Waals surface area contributed by atoms with Crippen molar-refractivity contribution in [2.75, 3.05) is 0 Å². The maximum absolute atomic E-state index is 4.67. The lowest BCUT2D eigenvalue weighted by Crippen LogP contribution is -2.10. The van der Waals surface area contributed by atoms with Crippen molar-refractivity contribution in [1.29, 1.82) is 0 Å². The number of nitrogens with zero attached hydrogens (tertiary/aromatic N) is 2. The Morgan fingerprint density at radius 2 is 1.47 bits per heavy atom. The van der Waals surface area contributed by atoms with Crippen molar-refractivity contribution in [3.63, 3.8) is 0 Å². The van der Waals surface area contributed by atoms with Crippen molar-refractivity contribution in [2.45, 2.75) is 66.3 Å². The second-order valence-corrected chi connectivity index (χ2v) is 5.23. The second kappa shape index (κ2) is 4.38. The van der Waals surface area contributed by atoms with Gasteiger partial charge in [0.2, 0.25) is 0 Å². The molecule has 2 nitrogen and oxygen atoms in total. The van der Waals surface area contributed by atoms with Crippen molar-refractivity contribution in [2.24, 2.45) is 0 Å². The minimum atomic E-state index is 0.452. The number of rotatable bonds is 3. The number of aryl methyl sites for hydroxylation is 1. The van der Waals surface area contributed by atoms with Crippen LogP contribution in [0, 0.1) is 6.92 Å². The lowest BCUT2D eigenvalue weighted by Gasteiger charge is -2.16. The van der Waals surface area contributed by atoms with Crippen LogP contribution in [0.2, 0.25) is 0 Å². The van der Waals surface area contributed by atoms with Crippen LogP contribution >= 0.6 is 0 Å². The average Bonchev–Trinajstić information content (AvgIpc) is 2.42. The topological polar surface area (TPSA) is 17.8 Å². The van der Waals surface area contributed by atoms with E-state index in [1.807, 2.05) is 0 Å². The summed E-state index contributed by atoms with van der Waals surface area (Å²) in [6.07, 6.45) is 0. The second-order valence-electron chi connectivity index (χ2n) is 5.23. The number of hydrogen-bond donors (Lipinski definition) is 0. The van der Waals surface area contributed by atoms with Crippen LogP contribution < -0.4 is 0 Å². The van der Waals surface area contributed by atoms with E-state index in [-0.39, 0.29) is 0 Å². The molecule has 0 amide bonds. The van der Waals surface area contributed by atoms with E-state index in [1.165, 1.54) is 17.0 Å². The van der Waals surface area contributed by atoms with Gasteiger partial charge < -0.3 is 0 Å². The Morgan fingerprint density at radius 3 is 1.80 bits per heavy atom. The number of hydrogen-bond acceptors (Lipinski definition) is 1. The van der Waals surface area contributed by atoms with E-state index in [1.54, 1.807) is 0 Å². The van der Waals surface area contributed by atoms with Gasteiger partial charge in [-0.05, 0) is 38.2 Å². The fraction of sp³-hybridized carbons (Fsp3) is 0.769. The molecule has 0 bridgehead atoms. The van der Waals surface area contributed by atoms with Crippen LogP contribution in [0.1, 0.15) is 76.4 Å². The predicted octanol–water partition coefficient (Wildman–Crippen LogP) is 4.02. The molecule has 0 N–H and O–H groups in total. The Bertz CT molecular complexity index is 333. The minimum absolute atomic E-state index is 0.452. The Balaban J connectivity index is 3.38. The first kappa shape index (κ1) is 12.3. The summed E-state index contributed by atoms with van der Waals surface area (Å²) >= 11 is 0. The van der Waals surface area contributed by atoms with Gasteiger partial charge in [0, 0.05) is 11.7 Å². The third kappa shape index (κ3) is 2.24. The highest BCUT2D eigenvalue weighted by molar-refractivity contribution is 5.31. The van der Waals surface area contributed by atoms with Crippen molar-refractivity contribution < 1.29 is 0 Å². The molecule has 1 heterocycles. The molecule has 0 radical (unpaired) electrons. The predicted molar refractivity (Wildman–Crippen MR) is 65.5 cm³/mol. The molecule has 1 aromatic heterocycles. The molecule has 15 heavy (non-hydrogen) atoms. The van der Waals surface area contributed by atoms with Gasteiger partial charge >= 0.3 is 0 Å². The first-order chi connectivity index (χ1) is 6.86. The smallest absolute Gasteiger partial charge is 0.0631 e. The van der Waals surface area contributed by atoms with Gasteiger partial charge in [0.25, 0.3) is 0 Å². The zero-order valence-electron chi connectivity index (χ0n) is 11.1. The van der Waals surface area contributed by atoms with Gasteiger partial charge in [-0.25, -0.2) is 0 Å². The maximum Gasteiger partial charge on any atom is 0.0631 e. The molecule has 2 heteroatoms. The van der Waals surface area contributed by atoms with Crippen molar-refractivity contribution in [1.82, 2.24) is 9.78 Å². The van der Waals surface area contributed by atoms with E-state index in [9.17, 15) is 0 Å². The van der Waals surface area contributed by atoms with Gasteiger partial charge in [0.1, 0.15) is 0 Å². The molecule has 0 unspecified atom stereocenters. The molecule has 86 valence electrons. The zero-order valence-corrected chi connectivity index (χ0v) is 11.1. The molecule has 1 rings (SSSR count). The lowest BCUT2D eigenvalue weighted by molar-refractivity contribution is 0.493. The summed E-state index contributed by atoms with van der Waals surface area (Å²) in [6, 6.07) is 0.452. The van der Waals surface area contributed by atoms with E-state index in [2.05, 4.69) is 58.2 Å². The van der Waals surface area contributed by atoms with E-state index in [0.717, 1.165) is 0 Å². The normalized spacial score (nSPS) is 12.1. The summed E-state index contributed by atoms with van der Waals surface area (Å²) in [6.45, 7) is 15.5. The summed E-state index contributed by atoms with van der Waals surface area (Å²) in [5, 5.41) is 4.67. The quantitative estimate of drug-likeness (QED) is 0.733. The maximum atomic E-state index is 4.67. The fourth-order valence-electron chi connectivity index (χ4n) is 2.26. The van der Waals surface area contributed by atoms with Gasteiger partial charge in [0.05, 0.1) is 5.69 Å². The van der Waals surface area contributed by atoms with Crippen LogP contribution in [0.3, 0.4) is 0 Å². The van der Waals surface area contributed by atoms with Crippen LogP contribution in [-0.4, -0.2) is 9.78 Å². The Labute approximate surface area is 93.7 Å². The van der Waals surface area contributed by atoms with E-state index < -0.39 is 0 Å². The standard InChI is InChI=1S/C13H24N2/c1-8(2)12-11(7)14-15(10(5)6)13(12)9(3)4/h8-10H,1-7H3. The Morgan fingerprint density at radius 1 is 0.933 bits per heavy atom. The molecule has 0 atom stereocenters. The van der Waals surface area contributed by atoms with Gasteiger partial charge in [0.15, 0.2) is 0 Å². The number of aromatic nitrogens is 2. The molecule has 0 aliphatic carbocycles. The summed E-state index contributed by atoms with van der Waals surface area (Å²) in [4.78, 5) is 0. The Kier molecular flexibility index (Phi) is 3.58. The molecule has 0 saturated carbocycles. The first-order valence-corrected chi connectivity index (χ1v) is 5.95. The van der Waals surface area contributed by atoms with Crippen molar-refractivity contribution in [3.05, 3.63) is 17.0 Å². The largest absolute Gasteiger partial charge is 0.266 e. The van der Waals surface area contributed by atoms with Crippen LogP contribution in [-0.2, 0) is 0 Å². The van der Waals surface area contributed by atoms with Gasteiger partial charge in [-0.2, -0.15) is 5.10 Å². The molecule has 0 saturated heterocycles. The van der Waals surface area contributed by atoms with Gasteiger partial charge in [-0.1, -0.05) is 27.7 Å². The van der Waals surface area contributed by atoms with Crippen LogP contribution in [0.15, 0.2) is 0 Å². The molecular weight excluding hydrogens is 184 g/mol. The van der Waals surface area contributed by atoms with Gasteiger partial charge in [-0.15, -0.1) is 0 Å². The zero-order chi connectivity index (χ0) is 11.7. The summed E-state index contributed by atoms with van der Waals surface area (Å²) in [5.74, 6) is 1.11. The lowest BCUT2D eigenvalue weighted by atomic mass is 9.95. The molecule has 0 aliphatic rings. The van der Waals surface area contributed by atoms with E-state index in [4.69, 9.17) is 0 Å². The van der Waals surface area contributed by atoms with Crippen LogP contribution in [0.5, 0.6) is 0 Å². The van der Waals surface area contributed by atoms with Crippen LogP contribution in [0.4, 0.5) is 0 Å². The van der Waals surface area contributed by atoms with E-state index >= 15 is 0 Å². The van der Waals surface area contributed by atoms with E-state index in [0.29, 0.717) is 17.9 Å². The van der Waals surface area contributed by atoms with Crippen molar-refractivity contribution in [3.8, 4) is 0 Å². The summed E-state index contributed by atoms with van der Waals surface area (Å²) in [7, 11) is 0. The molecule has 0 fully saturated rings. The monoisotopic (exact) mass is 208 g/mol. The van der Waals surface area contributed by atoms with Crippen molar-refractivity contribution >= 4 is 0 Å². The molecule has 0 aromatic carbocycles. The van der Waals surface area contributed by atoms with Gasteiger partial charge in [-0.3, -0.25) is 4.68 Å². The third-order valence-electron chi connectivity index (χ3n) is 2.78. The fourth-order valence-corrected chi connectivity index (χ4v) is 2.26. The molecular formula is C13H24N2. The van der Waals surface area contributed by atoms with Crippen LogP contribution in [0.25, 0.3) is 0 Å². The highest BCUT2D eigenvalue weighted by atomic mass is 15.3. The Hall–Kier alpha value is -0.790. The molecule has 0 spiro atoms.